The summed E-state index contributed by atoms with van der Waals surface area (Å²) in [6, 6.07) is 14.5. The number of hydrogen-bond acceptors (Lipinski definition) is 4. The summed E-state index contributed by atoms with van der Waals surface area (Å²) in [6.45, 7) is 3.51. The molecule has 0 radical (unpaired) electrons. The molecule has 0 spiro atoms. The minimum atomic E-state index is -1.75. The van der Waals surface area contributed by atoms with Gasteiger partial charge < -0.3 is 9.47 Å². The topological polar surface area (TPSA) is 52.6 Å². The van der Waals surface area contributed by atoms with Crippen LogP contribution in [0, 0.1) is 5.82 Å². The molecule has 0 unspecified atom stereocenters. The molecule has 0 aromatic heterocycles. The van der Waals surface area contributed by atoms with Crippen molar-refractivity contribution in [2.45, 2.75) is 25.7 Å². The SMILES string of the molecule is CCOC(=O)C(Cc1ccccc1)(C(=O)OCC)c1cccc(F)c1. The van der Waals surface area contributed by atoms with E-state index in [1.54, 1.807) is 32.0 Å². The first-order valence-corrected chi connectivity index (χ1v) is 8.19. The lowest BCUT2D eigenvalue weighted by atomic mass is 9.75. The van der Waals surface area contributed by atoms with Gasteiger partial charge in [0.2, 0.25) is 0 Å². The smallest absolute Gasteiger partial charge is 0.328 e. The zero-order chi connectivity index (χ0) is 18.3. The Kier molecular flexibility index (Phi) is 6.28. The van der Waals surface area contributed by atoms with Crippen LogP contribution in [0.3, 0.4) is 0 Å². The first-order valence-electron chi connectivity index (χ1n) is 8.19. The lowest BCUT2D eigenvalue weighted by Gasteiger charge is -2.30. The molecular weight excluding hydrogens is 323 g/mol. The first-order chi connectivity index (χ1) is 12.0. The summed E-state index contributed by atoms with van der Waals surface area (Å²) in [6.07, 6.45) is 0.0228. The second kappa shape index (κ2) is 8.42. The third kappa shape index (κ3) is 4.05. The summed E-state index contributed by atoms with van der Waals surface area (Å²) in [7, 11) is 0. The van der Waals surface area contributed by atoms with Gasteiger partial charge in [0, 0.05) is 6.42 Å². The van der Waals surface area contributed by atoms with Crippen LogP contribution in [0.15, 0.2) is 54.6 Å². The normalized spacial score (nSPS) is 11.0. The van der Waals surface area contributed by atoms with Crippen LogP contribution in [-0.2, 0) is 30.9 Å². The maximum atomic E-state index is 13.8. The van der Waals surface area contributed by atoms with Gasteiger partial charge in [0.25, 0.3) is 0 Å². The summed E-state index contributed by atoms with van der Waals surface area (Å²) in [5.74, 6) is -2.03. The fourth-order valence-corrected chi connectivity index (χ4v) is 2.73. The van der Waals surface area contributed by atoms with Gasteiger partial charge in [-0.1, -0.05) is 42.5 Å². The molecule has 2 aromatic carbocycles. The van der Waals surface area contributed by atoms with E-state index in [0.29, 0.717) is 0 Å². The van der Waals surface area contributed by atoms with Crippen molar-refractivity contribution in [3.05, 3.63) is 71.5 Å². The molecule has 4 nitrogen and oxygen atoms in total. The maximum absolute atomic E-state index is 13.8. The van der Waals surface area contributed by atoms with Gasteiger partial charge >= 0.3 is 11.9 Å². The predicted molar refractivity (Wildman–Crippen MR) is 91.5 cm³/mol. The van der Waals surface area contributed by atoms with E-state index in [4.69, 9.17) is 9.47 Å². The van der Waals surface area contributed by atoms with Gasteiger partial charge in [-0.05, 0) is 37.1 Å². The lowest BCUT2D eigenvalue weighted by Crippen LogP contribution is -2.48. The molecule has 2 rings (SSSR count). The minimum Gasteiger partial charge on any atom is -0.465 e. The summed E-state index contributed by atoms with van der Waals surface area (Å²) in [5, 5.41) is 0. The van der Waals surface area contributed by atoms with E-state index in [9.17, 15) is 14.0 Å². The van der Waals surface area contributed by atoms with Gasteiger partial charge in [0.1, 0.15) is 5.82 Å². The number of halogens is 1. The molecule has 5 heteroatoms. The fourth-order valence-electron chi connectivity index (χ4n) is 2.73. The van der Waals surface area contributed by atoms with Gasteiger partial charge in [-0.2, -0.15) is 0 Å². The molecule has 0 aliphatic rings. The molecule has 132 valence electrons. The van der Waals surface area contributed by atoms with Crippen LogP contribution in [0.1, 0.15) is 25.0 Å². The molecule has 0 saturated heterocycles. The quantitative estimate of drug-likeness (QED) is 0.570. The van der Waals surface area contributed by atoms with Crippen molar-refractivity contribution >= 4 is 11.9 Å². The first kappa shape index (κ1) is 18.6. The van der Waals surface area contributed by atoms with Crippen LogP contribution in [0.4, 0.5) is 4.39 Å². The molecular formula is C20H21FO4. The molecule has 0 heterocycles. The molecule has 0 saturated carbocycles. The van der Waals surface area contributed by atoms with Gasteiger partial charge in [-0.3, -0.25) is 9.59 Å². The molecule has 0 aliphatic heterocycles. The van der Waals surface area contributed by atoms with E-state index in [2.05, 4.69) is 0 Å². The van der Waals surface area contributed by atoms with Crippen LogP contribution in [0.5, 0.6) is 0 Å². The highest BCUT2D eigenvalue weighted by Crippen LogP contribution is 2.33. The van der Waals surface area contributed by atoms with E-state index < -0.39 is 23.2 Å². The standard InChI is InChI=1S/C20H21FO4/c1-3-24-18(22)20(19(23)25-4-2,14-15-9-6-5-7-10-15)16-11-8-12-17(21)13-16/h5-13H,3-4,14H2,1-2H3. The van der Waals surface area contributed by atoms with Crippen LogP contribution >= 0.6 is 0 Å². The van der Waals surface area contributed by atoms with Gasteiger partial charge in [0.15, 0.2) is 5.41 Å². The van der Waals surface area contributed by atoms with Crippen LogP contribution in [0.2, 0.25) is 0 Å². The highest BCUT2D eigenvalue weighted by atomic mass is 19.1. The maximum Gasteiger partial charge on any atom is 0.328 e. The Hall–Kier alpha value is -2.69. The highest BCUT2D eigenvalue weighted by molar-refractivity contribution is 6.06. The Bertz CT molecular complexity index is 709. The van der Waals surface area contributed by atoms with Crippen molar-refractivity contribution < 1.29 is 23.5 Å². The molecule has 0 amide bonds. The molecule has 2 aromatic rings. The van der Waals surface area contributed by atoms with Crippen molar-refractivity contribution in [1.82, 2.24) is 0 Å². The summed E-state index contributed by atoms with van der Waals surface area (Å²) in [5.41, 5.74) is -0.795. The number of hydrogen-bond donors (Lipinski definition) is 0. The molecule has 0 aliphatic carbocycles. The summed E-state index contributed by atoms with van der Waals surface area (Å²) in [4.78, 5) is 25.7. The third-order valence-corrected chi connectivity index (χ3v) is 3.88. The molecule has 25 heavy (non-hydrogen) atoms. The van der Waals surface area contributed by atoms with Crippen molar-refractivity contribution in [1.29, 1.82) is 0 Å². The summed E-state index contributed by atoms with van der Waals surface area (Å²) < 4.78 is 24.2. The Labute approximate surface area is 146 Å². The zero-order valence-corrected chi connectivity index (χ0v) is 14.3. The van der Waals surface area contributed by atoms with Gasteiger partial charge in [-0.15, -0.1) is 0 Å². The highest BCUT2D eigenvalue weighted by Gasteiger charge is 2.50. The second-order valence-corrected chi connectivity index (χ2v) is 5.52. The Morgan fingerprint density at radius 3 is 2.04 bits per heavy atom. The molecule has 0 N–H and O–H groups in total. The van der Waals surface area contributed by atoms with Gasteiger partial charge in [-0.25, -0.2) is 4.39 Å². The van der Waals surface area contributed by atoms with Crippen molar-refractivity contribution in [2.24, 2.45) is 0 Å². The number of rotatable bonds is 7. The van der Waals surface area contributed by atoms with E-state index in [0.717, 1.165) is 5.56 Å². The Morgan fingerprint density at radius 2 is 1.52 bits per heavy atom. The largest absolute Gasteiger partial charge is 0.465 e. The Morgan fingerprint density at radius 1 is 0.920 bits per heavy atom. The number of ether oxygens (including phenoxy) is 2. The Balaban J connectivity index is 2.63. The third-order valence-electron chi connectivity index (χ3n) is 3.88. The van der Waals surface area contributed by atoms with Crippen LogP contribution in [-0.4, -0.2) is 25.2 Å². The van der Waals surface area contributed by atoms with Crippen LogP contribution < -0.4 is 0 Å². The monoisotopic (exact) mass is 344 g/mol. The predicted octanol–water partition coefficient (Wildman–Crippen LogP) is 3.43. The van der Waals surface area contributed by atoms with Gasteiger partial charge in [0.05, 0.1) is 13.2 Å². The van der Waals surface area contributed by atoms with E-state index in [-0.39, 0.29) is 25.2 Å². The average Bonchev–Trinajstić information content (AvgIpc) is 2.61. The number of carbonyl (C=O) groups excluding carboxylic acids is 2. The van der Waals surface area contributed by atoms with Crippen molar-refractivity contribution in [3.63, 3.8) is 0 Å². The lowest BCUT2D eigenvalue weighted by molar-refractivity contribution is -0.165. The van der Waals surface area contributed by atoms with E-state index >= 15 is 0 Å². The van der Waals surface area contributed by atoms with E-state index in [1.807, 2.05) is 18.2 Å². The van der Waals surface area contributed by atoms with Crippen molar-refractivity contribution in [3.8, 4) is 0 Å². The number of esters is 2. The summed E-state index contributed by atoms with van der Waals surface area (Å²) >= 11 is 0. The van der Waals surface area contributed by atoms with Crippen LogP contribution in [0.25, 0.3) is 0 Å². The van der Waals surface area contributed by atoms with Crippen molar-refractivity contribution in [2.75, 3.05) is 13.2 Å². The number of benzene rings is 2. The zero-order valence-electron chi connectivity index (χ0n) is 14.3. The fraction of sp³-hybridized carbons (Fsp3) is 0.300. The molecule has 0 atom stereocenters. The van der Waals surface area contributed by atoms with E-state index in [1.165, 1.54) is 18.2 Å². The average molecular weight is 344 g/mol. The minimum absolute atomic E-state index is 0.0228. The molecule has 0 fully saturated rings. The number of carbonyl (C=O) groups is 2. The second-order valence-electron chi connectivity index (χ2n) is 5.52. The molecule has 0 bridgehead atoms.